The average Bonchev–Trinajstić information content (AvgIpc) is 2.77. The molecular formula is C19H24N2O2. The molecule has 1 saturated heterocycles. The van der Waals surface area contributed by atoms with Gasteiger partial charge in [0.15, 0.2) is 0 Å². The molecule has 0 radical (unpaired) electrons. The fraction of sp³-hybridized carbons (Fsp3) is 0.474. The number of benzene rings is 1. The summed E-state index contributed by atoms with van der Waals surface area (Å²) >= 11 is 0. The largest absolute Gasteiger partial charge is 0.347 e. The van der Waals surface area contributed by atoms with Gasteiger partial charge < -0.3 is 9.47 Å². The van der Waals surface area contributed by atoms with Crippen LogP contribution in [0, 0.1) is 18.8 Å². The zero-order chi connectivity index (χ0) is 16.7. The van der Waals surface area contributed by atoms with E-state index in [2.05, 4.69) is 13.8 Å². The number of hydrogen-bond donors (Lipinski definition) is 0. The molecule has 4 heteroatoms. The van der Waals surface area contributed by atoms with Gasteiger partial charge in [-0.15, -0.1) is 0 Å². The number of aromatic nitrogens is 1. The Morgan fingerprint density at radius 2 is 1.70 bits per heavy atom. The number of Topliss-reactive ketones (excluding diaryl/α,β-unsaturated/α-hetero) is 1. The van der Waals surface area contributed by atoms with Crippen LogP contribution in [0.1, 0.15) is 36.3 Å². The highest BCUT2D eigenvalue weighted by molar-refractivity contribution is 6.45. The summed E-state index contributed by atoms with van der Waals surface area (Å²) in [7, 11) is 1.93. The number of amides is 1. The van der Waals surface area contributed by atoms with Crippen molar-refractivity contribution in [1.82, 2.24) is 9.47 Å². The van der Waals surface area contributed by atoms with Gasteiger partial charge in [-0.2, -0.15) is 0 Å². The summed E-state index contributed by atoms with van der Waals surface area (Å²) in [6.45, 7) is 7.55. The Morgan fingerprint density at radius 3 is 2.35 bits per heavy atom. The van der Waals surface area contributed by atoms with Gasteiger partial charge in [0, 0.05) is 36.7 Å². The third-order valence-corrected chi connectivity index (χ3v) is 4.98. The molecule has 2 aromatic rings. The standard InChI is InChI=1S/C19H24N2O2/c1-12-9-13(2)11-21(10-12)19(23)18(22)17-14(3)20(4)16-8-6-5-7-15(16)17/h5-8,12-13H,9-11H2,1-4H3. The number of carbonyl (C=O) groups excluding carboxylic acids is 2. The van der Waals surface area contributed by atoms with Crippen molar-refractivity contribution in [2.24, 2.45) is 18.9 Å². The first-order valence-corrected chi connectivity index (χ1v) is 8.27. The van der Waals surface area contributed by atoms with Crippen molar-refractivity contribution < 1.29 is 9.59 Å². The maximum absolute atomic E-state index is 12.9. The Morgan fingerprint density at radius 1 is 1.09 bits per heavy atom. The minimum Gasteiger partial charge on any atom is -0.347 e. The number of likely N-dealkylation sites (tertiary alicyclic amines) is 1. The van der Waals surface area contributed by atoms with Crippen LogP contribution in [-0.2, 0) is 11.8 Å². The molecule has 3 rings (SSSR count). The van der Waals surface area contributed by atoms with Gasteiger partial charge in [0.25, 0.3) is 11.7 Å². The molecule has 1 aromatic carbocycles. The summed E-state index contributed by atoms with van der Waals surface area (Å²) < 4.78 is 1.98. The molecule has 4 nitrogen and oxygen atoms in total. The molecule has 0 spiro atoms. The second-order valence-electron chi connectivity index (χ2n) is 7.02. The highest BCUT2D eigenvalue weighted by Crippen LogP contribution is 2.27. The van der Waals surface area contributed by atoms with Gasteiger partial charge in [0.05, 0.1) is 5.56 Å². The lowest BCUT2D eigenvalue weighted by molar-refractivity contribution is -0.129. The van der Waals surface area contributed by atoms with E-state index < -0.39 is 0 Å². The average molecular weight is 312 g/mol. The van der Waals surface area contributed by atoms with Crippen molar-refractivity contribution in [3.05, 3.63) is 35.5 Å². The van der Waals surface area contributed by atoms with Gasteiger partial charge in [-0.1, -0.05) is 32.0 Å². The quantitative estimate of drug-likeness (QED) is 0.631. The molecule has 1 aliphatic heterocycles. The Hall–Kier alpha value is -2.10. The summed E-state index contributed by atoms with van der Waals surface area (Å²) in [5.41, 5.74) is 2.39. The van der Waals surface area contributed by atoms with Crippen LogP contribution in [0.15, 0.2) is 24.3 Å². The van der Waals surface area contributed by atoms with E-state index in [0.29, 0.717) is 30.5 Å². The number of ketones is 1. The number of rotatable bonds is 2. The van der Waals surface area contributed by atoms with Gasteiger partial charge in [0.1, 0.15) is 0 Å². The molecule has 0 aliphatic carbocycles. The fourth-order valence-electron chi connectivity index (χ4n) is 3.89. The van der Waals surface area contributed by atoms with E-state index in [0.717, 1.165) is 23.0 Å². The van der Waals surface area contributed by atoms with Crippen LogP contribution >= 0.6 is 0 Å². The minimum absolute atomic E-state index is 0.358. The lowest BCUT2D eigenvalue weighted by atomic mass is 9.91. The van der Waals surface area contributed by atoms with Gasteiger partial charge in [0.2, 0.25) is 0 Å². The topological polar surface area (TPSA) is 42.3 Å². The third-order valence-electron chi connectivity index (χ3n) is 4.98. The van der Waals surface area contributed by atoms with E-state index in [9.17, 15) is 9.59 Å². The molecule has 2 atom stereocenters. The zero-order valence-corrected chi connectivity index (χ0v) is 14.3. The first-order chi connectivity index (χ1) is 10.9. The van der Waals surface area contributed by atoms with E-state index >= 15 is 0 Å². The van der Waals surface area contributed by atoms with E-state index in [4.69, 9.17) is 0 Å². The summed E-state index contributed by atoms with van der Waals surface area (Å²) in [5.74, 6) is 0.164. The van der Waals surface area contributed by atoms with Gasteiger partial charge in [-0.3, -0.25) is 9.59 Å². The number of piperidine rings is 1. The maximum Gasteiger partial charge on any atom is 0.295 e. The van der Waals surface area contributed by atoms with Crippen LogP contribution in [0.2, 0.25) is 0 Å². The predicted molar refractivity (Wildman–Crippen MR) is 91.5 cm³/mol. The zero-order valence-electron chi connectivity index (χ0n) is 14.3. The van der Waals surface area contributed by atoms with Crippen molar-refractivity contribution in [2.75, 3.05) is 13.1 Å². The highest BCUT2D eigenvalue weighted by atomic mass is 16.2. The van der Waals surface area contributed by atoms with Crippen LogP contribution < -0.4 is 0 Å². The van der Waals surface area contributed by atoms with Crippen LogP contribution in [-0.4, -0.2) is 34.2 Å². The number of fused-ring (bicyclic) bond motifs is 1. The Balaban J connectivity index is 1.97. The lowest BCUT2D eigenvalue weighted by Crippen LogP contribution is -2.45. The molecule has 122 valence electrons. The molecule has 0 N–H and O–H groups in total. The number of nitrogens with zero attached hydrogens (tertiary/aromatic N) is 2. The molecule has 2 unspecified atom stereocenters. The predicted octanol–water partition coefficient (Wildman–Crippen LogP) is 3.17. The molecule has 23 heavy (non-hydrogen) atoms. The van der Waals surface area contributed by atoms with Crippen molar-refractivity contribution in [1.29, 1.82) is 0 Å². The smallest absolute Gasteiger partial charge is 0.295 e. The molecular weight excluding hydrogens is 288 g/mol. The SMILES string of the molecule is Cc1c(C(=O)C(=O)N2CC(C)CC(C)C2)c2ccccc2n1C. The molecule has 0 saturated carbocycles. The van der Waals surface area contributed by atoms with Crippen molar-refractivity contribution in [3.8, 4) is 0 Å². The molecule has 2 heterocycles. The summed E-state index contributed by atoms with van der Waals surface area (Å²) in [4.78, 5) is 27.4. The van der Waals surface area contributed by atoms with Crippen molar-refractivity contribution >= 4 is 22.6 Å². The molecule has 1 aliphatic rings. The van der Waals surface area contributed by atoms with Crippen LogP contribution in [0.5, 0.6) is 0 Å². The molecule has 1 fully saturated rings. The normalized spacial score (nSPS) is 21.7. The maximum atomic E-state index is 12.9. The number of hydrogen-bond acceptors (Lipinski definition) is 2. The van der Waals surface area contributed by atoms with Crippen LogP contribution in [0.4, 0.5) is 0 Å². The van der Waals surface area contributed by atoms with Gasteiger partial charge in [-0.05, 0) is 31.2 Å². The number of aryl methyl sites for hydroxylation is 1. The Kier molecular flexibility index (Phi) is 4.00. The van der Waals surface area contributed by atoms with Crippen LogP contribution in [0.3, 0.4) is 0 Å². The Bertz CT molecular complexity index is 765. The summed E-state index contributed by atoms with van der Waals surface area (Å²) in [6.07, 6.45) is 1.12. The Labute approximate surface area is 137 Å². The number of carbonyl (C=O) groups is 2. The highest BCUT2D eigenvalue weighted by Gasteiger charge is 2.32. The first kappa shape index (κ1) is 15.8. The van der Waals surface area contributed by atoms with Gasteiger partial charge >= 0.3 is 0 Å². The summed E-state index contributed by atoms with van der Waals surface area (Å²) in [6, 6.07) is 7.76. The third kappa shape index (κ3) is 2.67. The summed E-state index contributed by atoms with van der Waals surface area (Å²) in [5, 5.41) is 0.865. The van der Waals surface area contributed by atoms with E-state index in [-0.39, 0.29) is 11.7 Å². The van der Waals surface area contributed by atoms with E-state index in [1.54, 1.807) is 4.90 Å². The second-order valence-corrected chi connectivity index (χ2v) is 7.02. The molecule has 1 amide bonds. The van der Waals surface area contributed by atoms with Crippen molar-refractivity contribution in [3.63, 3.8) is 0 Å². The monoisotopic (exact) mass is 312 g/mol. The fourth-order valence-corrected chi connectivity index (χ4v) is 3.89. The lowest BCUT2D eigenvalue weighted by Gasteiger charge is -2.34. The van der Waals surface area contributed by atoms with Gasteiger partial charge in [-0.25, -0.2) is 0 Å². The molecule has 0 bridgehead atoms. The van der Waals surface area contributed by atoms with Crippen molar-refractivity contribution in [2.45, 2.75) is 27.2 Å². The van der Waals surface area contributed by atoms with E-state index in [1.807, 2.05) is 42.8 Å². The molecule has 1 aromatic heterocycles. The van der Waals surface area contributed by atoms with Crippen LogP contribution in [0.25, 0.3) is 10.9 Å². The number of para-hydroxylation sites is 1. The second kappa shape index (κ2) is 5.84. The first-order valence-electron chi connectivity index (χ1n) is 8.27. The van der Waals surface area contributed by atoms with E-state index in [1.165, 1.54) is 0 Å². The minimum atomic E-state index is -0.374.